The summed E-state index contributed by atoms with van der Waals surface area (Å²) in [5.41, 5.74) is -0.338. The zero-order valence-electron chi connectivity index (χ0n) is 6.25. The molecule has 1 aliphatic heterocycles. The summed E-state index contributed by atoms with van der Waals surface area (Å²) >= 11 is 0. The minimum Gasteiger partial charge on any atom is -0.265 e. The summed E-state index contributed by atoms with van der Waals surface area (Å²) in [6.07, 6.45) is 2.56. The summed E-state index contributed by atoms with van der Waals surface area (Å²) in [7, 11) is 0. The average Bonchev–Trinajstić information content (AvgIpc) is 2.71. The highest BCUT2D eigenvalue weighted by Crippen LogP contribution is 2.01. The number of aliphatic imine (C=N–C) groups is 1. The second-order valence-corrected chi connectivity index (χ2v) is 2.43. The van der Waals surface area contributed by atoms with E-state index in [4.69, 9.17) is 0 Å². The van der Waals surface area contributed by atoms with E-state index in [1.54, 1.807) is 0 Å². The number of rotatable bonds is 0. The lowest BCUT2D eigenvalue weighted by atomic mass is 10.5. The molecule has 3 heterocycles. The van der Waals surface area contributed by atoms with Crippen molar-refractivity contribution in [2.24, 2.45) is 9.98 Å². The fourth-order valence-electron chi connectivity index (χ4n) is 1.14. The molecule has 0 unspecified atom stereocenters. The van der Waals surface area contributed by atoms with Crippen molar-refractivity contribution in [2.75, 3.05) is 0 Å². The Balaban J connectivity index is 2.70. The molecule has 0 fully saturated rings. The summed E-state index contributed by atoms with van der Waals surface area (Å²) in [6.45, 7) is 0. The Morgan fingerprint density at radius 2 is 2.31 bits per heavy atom. The molecule has 0 radical (unpaired) electrons. The van der Waals surface area contributed by atoms with E-state index in [0.717, 1.165) is 4.52 Å². The molecule has 0 amide bonds. The van der Waals surface area contributed by atoms with Crippen molar-refractivity contribution in [2.45, 2.75) is 0 Å². The van der Waals surface area contributed by atoms with Crippen molar-refractivity contribution in [1.82, 2.24) is 19.6 Å². The molecule has 7 nitrogen and oxygen atoms in total. The fourth-order valence-corrected chi connectivity index (χ4v) is 1.14. The van der Waals surface area contributed by atoms with Crippen LogP contribution in [-0.4, -0.2) is 25.9 Å². The fraction of sp³-hybridized carbons (Fsp3) is 0. The van der Waals surface area contributed by atoms with Crippen LogP contribution in [0.4, 0.5) is 5.82 Å². The van der Waals surface area contributed by atoms with Gasteiger partial charge in [0.1, 0.15) is 12.7 Å². The molecule has 13 heavy (non-hydrogen) atoms. The molecule has 0 spiro atoms. The topological polar surface area (TPSA) is 84.9 Å². The largest absolute Gasteiger partial charge is 0.304 e. The number of hydrogen-bond donors (Lipinski definition) is 0. The van der Waals surface area contributed by atoms with Gasteiger partial charge in [-0.25, -0.2) is 9.98 Å². The molecule has 62 valence electrons. The van der Waals surface area contributed by atoms with Gasteiger partial charge >= 0.3 is 5.56 Å². The van der Waals surface area contributed by atoms with Gasteiger partial charge in [0.05, 0.1) is 0 Å². The maximum atomic E-state index is 11.5. The van der Waals surface area contributed by atoms with Gasteiger partial charge in [0.2, 0.25) is 0 Å². The molecule has 0 aromatic carbocycles. The van der Waals surface area contributed by atoms with Gasteiger partial charge in [-0.15, -0.1) is 5.10 Å². The van der Waals surface area contributed by atoms with Crippen LogP contribution in [-0.2, 0) is 0 Å². The summed E-state index contributed by atoms with van der Waals surface area (Å²) in [5, 5.41) is 3.93. The minimum absolute atomic E-state index is 0.220. The van der Waals surface area contributed by atoms with E-state index in [1.165, 1.54) is 12.7 Å². The standard InChI is InChI=1S/C6H2N6O/c13-5-3-4(8-1-7-3)11-6-9-2-10-12(5)6/h1-2H. The Hall–Kier alpha value is -2.18. The minimum atomic E-state index is -0.338. The maximum Gasteiger partial charge on any atom is 0.304 e. The van der Waals surface area contributed by atoms with Gasteiger partial charge in [-0.05, 0) is 0 Å². The first-order valence-electron chi connectivity index (χ1n) is 3.50. The number of nitrogens with zero attached hydrogens (tertiary/aromatic N) is 6. The number of aromatic nitrogens is 4. The summed E-state index contributed by atoms with van der Waals surface area (Å²) in [6, 6.07) is 0. The zero-order valence-corrected chi connectivity index (χ0v) is 6.25. The Labute approximate surface area is 70.5 Å². The van der Waals surface area contributed by atoms with Gasteiger partial charge in [-0.3, -0.25) is 4.79 Å². The van der Waals surface area contributed by atoms with Gasteiger partial charge in [0.25, 0.3) is 5.78 Å². The van der Waals surface area contributed by atoms with Crippen LogP contribution < -0.4 is 10.9 Å². The van der Waals surface area contributed by atoms with E-state index in [2.05, 4.69) is 25.1 Å². The van der Waals surface area contributed by atoms with Gasteiger partial charge < -0.3 is 0 Å². The van der Waals surface area contributed by atoms with Crippen molar-refractivity contribution in [3.8, 4) is 0 Å². The van der Waals surface area contributed by atoms with Crippen LogP contribution in [0.5, 0.6) is 0 Å². The van der Waals surface area contributed by atoms with Gasteiger partial charge in [-0.1, -0.05) is 0 Å². The SMILES string of the molecule is O=c1c2c(nc3ncnn13)N=CN=2. The molecule has 0 saturated carbocycles. The third-order valence-corrected chi connectivity index (χ3v) is 1.71. The maximum absolute atomic E-state index is 11.5. The normalized spacial score (nSPS) is 13.2. The van der Waals surface area contributed by atoms with E-state index < -0.39 is 0 Å². The molecule has 3 rings (SSSR count). The Morgan fingerprint density at radius 1 is 1.38 bits per heavy atom. The predicted octanol–water partition coefficient (Wildman–Crippen LogP) is -1.50. The molecule has 7 heteroatoms. The summed E-state index contributed by atoms with van der Waals surface area (Å²) in [5.74, 6) is 0.559. The van der Waals surface area contributed by atoms with Gasteiger partial charge in [0, 0.05) is 0 Å². The Kier molecular flexibility index (Phi) is 0.950. The molecule has 1 aliphatic rings. The van der Waals surface area contributed by atoms with E-state index in [9.17, 15) is 4.79 Å². The number of fused-ring (bicyclic) bond motifs is 2. The first-order chi connectivity index (χ1) is 6.36. The summed E-state index contributed by atoms with van der Waals surface area (Å²) < 4.78 is 1.09. The molecule has 0 atom stereocenters. The van der Waals surface area contributed by atoms with Crippen LogP contribution in [0.1, 0.15) is 0 Å². The van der Waals surface area contributed by atoms with Crippen molar-refractivity contribution >= 4 is 17.9 Å². The number of hydrogen-bond acceptors (Lipinski definition) is 6. The van der Waals surface area contributed by atoms with Crippen molar-refractivity contribution in [1.29, 1.82) is 0 Å². The van der Waals surface area contributed by atoms with E-state index in [0.29, 0.717) is 5.82 Å². The molecular formula is C6H2N6O. The summed E-state index contributed by atoms with van der Waals surface area (Å²) in [4.78, 5) is 26.9. The molecule has 0 N–H and O–H groups in total. The Morgan fingerprint density at radius 3 is 3.23 bits per heavy atom. The molecule has 0 bridgehead atoms. The predicted molar refractivity (Wildman–Crippen MR) is 42.0 cm³/mol. The van der Waals surface area contributed by atoms with Gasteiger partial charge in [-0.2, -0.15) is 14.5 Å². The van der Waals surface area contributed by atoms with Gasteiger partial charge in [0.15, 0.2) is 11.2 Å². The zero-order chi connectivity index (χ0) is 8.84. The second-order valence-electron chi connectivity index (χ2n) is 2.43. The van der Waals surface area contributed by atoms with Crippen LogP contribution >= 0.6 is 0 Å². The van der Waals surface area contributed by atoms with E-state index >= 15 is 0 Å². The quantitative estimate of drug-likeness (QED) is 0.486. The van der Waals surface area contributed by atoms with Crippen LogP contribution in [0.3, 0.4) is 0 Å². The lowest BCUT2D eigenvalue weighted by Crippen LogP contribution is -2.31. The molecule has 2 aromatic heterocycles. The third kappa shape index (κ3) is 0.675. The highest BCUT2D eigenvalue weighted by molar-refractivity contribution is 5.65. The third-order valence-electron chi connectivity index (χ3n) is 1.71. The molecule has 2 aromatic rings. The van der Waals surface area contributed by atoms with E-state index in [-0.39, 0.29) is 16.7 Å². The van der Waals surface area contributed by atoms with Crippen LogP contribution in [0.2, 0.25) is 0 Å². The first kappa shape index (κ1) is 6.35. The van der Waals surface area contributed by atoms with Crippen LogP contribution in [0, 0.1) is 0 Å². The Bertz CT molecular complexity index is 626. The van der Waals surface area contributed by atoms with Crippen LogP contribution in [0.25, 0.3) is 5.78 Å². The van der Waals surface area contributed by atoms with Crippen molar-refractivity contribution in [3.05, 3.63) is 22.0 Å². The average molecular weight is 174 g/mol. The smallest absolute Gasteiger partial charge is 0.265 e. The van der Waals surface area contributed by atoms with E-state index in [1.807, 2.05) is 0 Å². The molecular weight excluding hydrogens is 172 g/mol. The van der Waals surface area contributed by atoms with Crippen LogP contribution in [0.15, 0.2) is 21.1 Å². The molecule has 0 aliphatic carbocycles. The molecule has 0 saturated heterocycles. The van der Waals surface area contributed by atoms with Crippen molar-refractivity contribution in [3.63, 3.8) is 0 Å². The highest BCUT2D eigenvalue weighted by atomic mass is 16.1. The first-order valence-corrected chi connectivity index (χ1v) is 3.50. The monoisotopic (exact) mass is 174 g/mol. The lowest BCUT2D eigenvalue weighted by Gasteiger charge is -1.88. The van der Waals surface area contributed by atoms with Crippen molar-refractivity contribution < 1.29 is 0 Å². The lowest BCUT2D eigenvalue weighted by molar-refractivity contribution is 0.883. The second kappa shape index (κ2) is 1.94. The highest BCUT2D eigenvalue weighted by Gasteiger charge is 2.11.